The number of carbonyl (C=O) groups is 5. The molecule has 6 rings (SSSR count). The number of aromatic amines is 2. The van der Waals surface area contributed by atoms with Crippen LogP contribution >= 0.6 is 0 Å². The third kappa shape index (κ3) is 7.90. The molecule has 0 saturated heterocycles. The Morgan fingerprint density at radius 1 is 0.883 bits per heavy atom. The van der Waals surface area contributed by atoms with Crippen molar-refractivity contribution in [1.29, 1.82) is 0 Å². The number of carboxylic acid groups (broad SMARTS) is 2. The first kappa shape index (κ1) is 42.9. The smallest absolute Gasteiger partial charge is 0.334 e. The number of carboxylic acids is 2. The fourth-order valence-electron chi connectivity index (χ4n) is 8.28. The Balaban J connectivity index is 1.65. The fraction of sp³-hybridized carbons (Fsp3) is 0.341. The van der Waals surface area contributed by atoms with E-state index in [0.29, 0.717) is 56.0 Å². The molecule has 0 aromatic carbocycles. The number of aliphatic hydroxyl groups excluding tert-OH is 1. The van der Waals surface area contributed by atoms with Crippen LogP contribution in [0, 0.1) is 19.8 Å². The zero-order valence-electron chi connectivity index (χ0n) is 34.1. The van der Waals surface area contributed by atoms with Crippen molar-refractivity contribution in [3.63, 3.8) is 0 Å². The molecular formula is C44H47N5O11. The Kier molecular flexibility index (Phi) is 12.1. The zero-order chi connectivity index (χ0) is 43.8. The van der Waals surface area contributed by atoms with Crippen molar-refractivity contribution < 1.29 is 53.9 Å². The molecule has 16 heteroatoms. The molecule has 2 aliphatic heterocycles. The second-order valence-electron chi connectivity index (χ2n) is 15.1. The highest BCUT2D eigenvalue weighted by molar-refractivity contribution is 6.02. The highest BCUT2D eigenvalue weighted by Gasteiger charge is 2.53. The number of amides is 1. The minimum absolute atomic E-state index is 0.00562. The third-order valence-electron chi connectivity index (χ3n) is 11.6. The maximum atomic E-state index is 13.7. The Labute approximate surface area is 344 Å². The van der Waals surface area contributed by atoms with Crippen LogP contribution < -0.4 is 5.32 Å². The van der Waals surface area contributed by atoms with Gasteiger partial charge in [0, 0.05) is 40.5 Å². The first-order valence-corrected chi connectivity index (χ1v) is 19.2. The summed E-state index contributed by atoms with van der Waals surface area (Å²) < 4.78 is 10.4. The molecule has 0 radical (unpaired) electrons. The summed E-state index contributed by atoms with van der Waals surface area (Å²) >= 11 is 0. The topological polar surface area (TPSA) is 254 Å². The normalized spacial score (nSPS) is 17.6. The lowest BCUT2D eigenvalue weighted by molar-refractivity contribution is -0.149. The quantitative estimate of drug-likeness (QED) is 0.0904. The van der Waals surface area contributed by atoms with Gasteiger partial charge < -0.3 is 45.2 Å². The van der Waals surface area contributed by atoms with E-state index in [-0.39, 0.29) is 31.3 Å². The predicted molar refractivity (Wildman–Crippen MR) is 222 cm³/mol. The summed E-state index contributed by atoms with van der Waals surface area (Å²) in [6.45, 7) is 11.5. The van der Waals surface area contributed by atoms with Crippen LogP contribution in [-0.2, 0) is 45.3 Å². The van der Waals surface area contributed by atoms with Gasteiger partial charge in [-0.25, -0.2) is 14.6 Å². The number of rotatable bonds is 13. The van der Waals surface area contributed by atoms with Gasteiger partial charge in [0.15, 0.2) is 6.29 Å². The van der Waals surface area contributed by atoms with Crippen LogP contribution in [0.2, 0.25) is 0 Å². The highest BCUT2D eigenvalue weighted by Crippen LogP contribution is 2.52. The molecule has 0 unspecified atom stereocenters. The number of nitrogens with zero attached hydrogens (tertiary/aromatic N) is 2. The van der Waals surface area contributed by atoms with Gasteiger partial charge in [-0.05, 0) is 98.2 Å². The van der Waals surface area contributed by atoms with Crippen LogP contribution in [0.15, 0.2) is 48.6 Å². The lowest BCUT2D eigenvalue weighted by atomic mass is 9.64. The van der Waals surface area contributed by atoms with Gasteiger partial charge in [-0.2, -0.15) is 0 Å². The van der Waals surface area contributed by atoms with E-state index in [1.807, 2.05) is 39.8 Å². The Bertz CT molecular complexity index is 2610. The number of aliphatic carboxylic acids is 2. The summed E-state index contributed by atoms with van der Waals surface area (Å²) in [7, 11) is 2.49. The zero-order valence-corrected chi connectivity index (χ0v) is 34.1. The van der Waals surface area contributed by atoms with Crippen molar-refractivity contribution in [1.82, 2.24) is 25.3 Å². The van der Waals surface area contributed by atoms with Crippen LogP contribution in [0.4, 0.5) is 0 Å². The summed E-state index contributed by atoms with van der Waals surface area (Å²) in [6.07, 6.45) is 2.78. The summed E-state index contributed by atoms with van der Waals surface area (Å²) in [4.78, 5) is 80.0. The molecular weight excluding hydrogens is 775 g/mol. The largest absolute Gasteiger partial charge is 0.481 e. The van der Waals surface area contributed by atoms with Gasteiger partial charge in [-0.1, -0.05) is 24.8 Å². The third-order valence-corrected chi connectivity index (χ3v) is 11.6. The number of fused-ring (bicyclic) bond motifs is 11. The Morgan fingerprint density at radius 3 is 2.18 bits per heavy atom. The minimum atomic E-state index is -1.61. The summed E-state index contributed by atoms with van der Waals surface area (Å²) in [5.41, 5.74) is 8.50. The van der Waals surface area contributed by atoms with E-state index < -0.39 is 59.9 Å². The van der Waals surface area contributed by atoms with Crippen LogP contribution in [0.25, 0.3) is 44.9 Å². The average molecular weight is 822 g/mol. The molecule has 60 heavy (non-hydrogen) atoms. The van der Waals surface area contributed by atoms with E-state index in [2.05, 4.69) is 21.9 Å². The fourth-order valence-corrected chi connectivity index (χ4v) is 8.28. The number of nitrogens with one attached hydrogen (secondary N) is 3. The van der Waals surface area contributed by atoms with Gasteiger partial charge in [0.2, 0.25) is 5.91 Å². The van der Waals surface area contributed by atoms with E-state index >= 15 is 0 Å². The SMILES string of the molecule is C=Cc1c(C)c2cc3nc(cc4[nH]c(cc5nc(cc1[nH]2)C(C)=C5CCC(=O)N[C@@H](CC(=O)O)C(=O)O)c(CCC(O)O)c4C)[C@@]1(C)C3=CC=C(C(=O)OC)[C@H]1C(=O)OC. The van der Waals surface area contributed by atoms with Gasteiger partial charge in [-0.15, -0.1) is 0 Å². The van der Waals surface area contributed by atoms with Crippen molar-refractivity contribution in [2.45, 2.75) is 77.5 Å². The molecule has 1 aliphatic carbocycles. The van der Waals surface area contributed by atoms with E-state index in [0.717, 1.165) is 27.8 Å². The molecule has 3 aliphatic rings. The number of aryl methyl sites for hydroxylation is 3. The number of aromatic nitrogens is 4. The maximum absolute atomic E-state index is 13.7. The van der Waals surface area contributed by atoms with Gasteiger partial charge >= 0.3 is 23.9 Å². The lowest BCUT2D eigenvalue weighted by Gasteiger charge is -2.36. The van der Waals surface area contributed by atoms with E-state index in [1.165, 1.54) is 14.2 Å². The number of esters is 2. The Morgan fingerprint density at radius 2 is 1.55 bits per heavy atom. The number of carbonyl (C=O) groups excluding carboxylic acids is 3. The van der Waals surface area contributed by atoms with Gasteiger partial charge in [-0.3, -0.25) is 19.4 Å². The molecule has 16 nitrogen and oxygen atoms in total. The van der Waals surface area contributed by atoms with E-state index in [9.17, 15) is 39.3 Å². The molecule has 3 aromatic heterocycles. The molecule has 5 heterocycles. The standard InChI is InChI=1S/C44H47N5O11/c1-8-23-20(2)29-16-34-27-12-9-26(42(57)59-6)40(43(58)60-7)44(27,5)36(48-34)18-30-22(4)25(11-14-38(51)52)33(47-30)17-32-24(21(3)28(46-32)15-31(23)45-29)10-13-37(50)49-35(41(55)56)19-39(53)54/h8-9,12,15-18,35,38,40,45,47,51-52H,1,10-11,13-14,19H2,2-7H3,(H,49,50)(H,53,54)(H,55,56)/t35-,40-,44+/m0/s1. The summed E-state index contributed by atoms with van der Waals surface area (Å²) in [5.74, 6) is -6.02. The highest BCUT2D eigenvalue weighted by atomic mass is 16.5. The van der Waals surface area contributed by atoms with E-state index in [1.54, 1.807) is 30.4 Å². The number of hydrogen-bond acceptors (Lipinski definition) is 11. The van der Waals surface area contributed by atoms with Gasteiger partial charge in [0.25, 0.3) is 0 Å². The Hall–Kier alpha value is -6.65. The predicted octanol–water partition coefficient (Wildman–Crippen LogP) is 4.82. The molecule has 3 atom stereocenters. The number of ether oxygens (including phenoxy) is 2. The van der Waals surface area contributed by atoms with Crippen LogP contribution in [-0.4, -0.2) is 96.7 Å². The van der Waals surface area contributed by atoms with Crippen molar-refractivity contribution in [3.8, 4) is 0 Å². The second-order valence-corrected chi connectivity index (χ2v) is 15.1. The molecule has 0 fully saturated rings. The lowest BCUT2D eigenvalue weighted by Crippen LogP contribution is -2.42. The van der Waals surface area contributed by atoms with Crippen molar-refractivity contribution >= 4 is 74.6 Å². The number of aliphatic hydroxyl groups is 2. The second kappa shape index (κ2) is 16.9. The van der Waals surface area contributed by atoms with Crippen LogP contribution in [0.1, 0.15) is 84.6 Å². The van der Waals surface area contributed by atoms with Crippen molar-refractivity contribution in [2.75, 3.05) is 14.2 Å². The van der Waals surface area contributed by atoms with Crippen LogP contribution in [0.3, 0.4) is 0 Å². The van der Waals surface area contributed by atoms with Crippen molar-refractivity contribution in [2.24, 2.45) is 5.92 Å². The van der Waals surface area contributed by atoms with Gasteiger partial charge in [0.1, 0.15) is 12.0 Å². The maximum Gasteiger partial charge on any atom is 0.334 e. The molecule has 314 valence electrons. The number of hydrogen-bond donors (Lipinski definition) is 7. The molecule has 1 amide bonds. The number of H-pyrrole nitrogens is 2. The molecule has 0 saturated carbocycles. The molecule has 8 bridgehead atoms. The van der Waals surface area contributed by atoms with Crippen LogP contribution in [0.5, 0.6) is 0 Å². The number of allylic oxidation sites excluding steroid dienone is 5. The molecule has 0 spiro atoms. The van der Waals surface area contributed by atoms with Gasteiger partial charge in [0.05, 0.1) is 54.4 Å². The average Bonchev–Trinajstić information content (AvgIpc) is 3.85. The van der Waals surface area contributed by atoms with E-state index in [4.69, 9.17) is 24.5 Å². The monoisotopic (exact) mass is 821 g/mol. The molecule has 3 aromatic rings. The van der Waals surface area contributed by atoms with Crippen molar-refractivity contribution in [3.05, 3.63) is 93.6 Å². The number of methoxy groups -OCH3 is 2. The molecule has 7 N–H and O–H groups in total. The summed E-state index contributed by atoms with van der Waals surface area (Å²) in [6, 6.07) is 5.71. The summed E-state index contributed by atoms with van der Waals surface area (Å²) in [5, 5.41) is 40.8. The minimum Gasteiger partial charge on any atom is -0.481 e. The first-order chi connectivity index (χ1) is 28.4. The first-order valence-electron chi connectivity index (χ1n) is 19.2.